The van der Waals surface area contributed by atoms with Crippen LogP contribution in [0.15, 0.2) is 28.7 Å². The maximum absolute atomic E-state index is 11.7. The van der Waals surface area contributed by atoms with Crippen LogP contribution in [-0.4, -0.2) is 36.5 Å². The van der Waals surface area contributed by atoms with Crippen molar-refractivity contribution in [3.05, 3.63) is 28.7 Å². The molecule has 1 aromatic carbocycles. The third-order valence-corrected chi connectivity index (χ3v) is 3.06. The molecule has 0 saturated heterocycles. The van der Waals surface area contributed by atoms with E-state index in [-0.39, 0.29) is 5.91 Å². The molecular formula is C13H19BrN2O2. The van der Waals surface area contributed by atoms with Crippen LogP contribution in [0.4, 0.5) is 0 Å². The maximum atomic E-state index is 11.7. The number of likely N-dealkylation sites (N-methyl/N-ethyl adjacent to an activating group) is 1. The number of nitrogens with two attached hydrogens (primary N) is 1. The molecule has 0 radical (unpaired) electrons. The molecule has 0 fully saturated rings. The Morgan fingerprint density at radius 2 is 2.06 bits per heavy atom. The summed E-state index contributed by atoms with van der Waals surface area (Å²) in [4.78, 5) is 13.4. The smallest absolute Gasteiger partial charge is 0.239 e. The first-order chi connectivity index (χ1) is 8.54. The Morgan fingerprint density at radius 3 is 2.56 bits per heavy atom. The van der Waals surface area contributed by atoms with Crippen molar-refractivity contribution in [2.45, 2.75) is 19.9 Å². The highest BCUT2D eigenvalue weighted by Gasteiger charge is 2.15. The molecule has 0 saturated carbocycles. The van der Waals surface area contributed by atoms with Crippen molar-refractivity contribution in [3.63, 3.8) is 0 Å². The highest BCUT2D eigenvalue weighted by molar-refractivity contribution is 9.10. The van der Waals surface area contributed by atoms with Gasteiger partial charge in [-0.15, -0.1) is 0 Å². The van der Waals surface area contributed by atoms with Crippen LogP contribution in [0.25, 0.3) is 0 Å². The van der Waals surface area contributed by atoms with Gasteiger partial charge in [0.1, 0.15) is 12.4 Å². The molecule has 100 valence electrons. The van der Waals surface area contributed by atoms with Gasteiger partial charge in [0.05, 0.1) is 12.6 Å². The molecular weight excluding hydrogens is 296 g/mol. The minimum absolute atomic E-state index is 0.0445. The fraction of sp³-hybridized carbons (Fsp3) is 0.462. The molecule has 0 aromatic heterocycles. The fourth-order valence-electron chi connectivity index (χ4n) is 1.52. The Bertz CT molecular complexity index is 379. The van der Waals surface area contributed by atoms with Gasteiger partial charge in [0.15, 0.2) is 0 Å². The van der Waals surface area contributed by atoms with Crippen LogP contribution in [0.5, 0.6) is 5.75 Å². The van der Waals surface area contributed by atoms with Crippen molar-refractivity contribution in [2.75, 3.05) is 19.7 Å². The minimum atomic E-state index is -0.461. The standard InChI is InChI=1S/C13H19BrN2O2/c1-3-16(13(17)10(2)15)8-9-18-12-6-4-11(14)5-7-12/h4-7,10H,3,8-9,15H2,1-2H3/t10-/m1/s1. The number of amides is 1. The summed E-state index contributed by atoms with van der Waals surface area (Å²) in [5.41, 5.74) is 5.57. The molecule has 1 amide bonds. The van der Waals surface area contributed by atoms with Gasteiger partial charge in [0.25, 0.3) is 0 Å². The van der Waals surface area contributed by atoms with E-state index in [2.05, 4.69) is 15.9 Å². The molecule has 0 aliphatic rings. The first-order valence-electron chi connectivity index (χ1n) is 5.97. The average molecular weight is 315 g/mol. The number of nitrogens with zero attached hydrogens (tertiary/aromatic N) is 1. The molecule has 1 aromatic rings. The monoisotopic (exact) mass is 314 g/mol. The number of carbonyl (C=O) groups excluding carboxylic acids is 1. The largest absolute Gasteiger partial charge is 0.492 e. The lowest BCUT2D eigenvalue weighted by molar-refractivity contribution is -0.132. The van der Waals surface area contributed by atoms with Gasteiger partial charge in [0.2, 0.25) is 5.91 Å². The van der Waals surface area contributed by atoms with Crippen molar-refractivity contribution in [3.8, 4) is 5.75 Å². The van der Waals surface area contributed by atoms with E-state index < -0.39 is 6.04 Å². The van der Waals surface area contributed by atoms with E-state index in [4.69, 9.17) is 10.5 Å². The number of hydrogen-bond acceptors (Lipinski definition) is 3. The lowest BCUT2D eigenvalue weighted by Crippen LogP contribution is -2.43. The Balaban J connectivity index is 2.40. The summed E-state index contributed by atoms with van der Waals surface area (Å²) in [7, 11) is 0. The van der Waals surface area contributed by atoms with E-state index in [1.807, 2.05) is 31.2 Å². The van der Waals surface area contributed by atoms with Crippen LogP contribution in [0.1, 0.15) is 13.8 Å². The van der Waals surface area contributed by atoms with Crippen LogP contribution in [0, 0.1) is 0 Å². The summed E-state index contributed by atoms with van der Waals surface area (Å²) >= 11 is 3.36. The van der Waals surface area contributed by atoms with E-state index >= 15 is 0 Å². The molecule has 1 rings (SSSR count). The number of hydrogen-bond donors (Lipinski definition) is 1. The summed E-state index contributed by atoms with van der Waals surface area (Å²) < 4.78 is 6.58. The predicted molar refractivity (Wildman–Crippen MR) is 75.5 cm³/mol. The zero-order valence-electron chi connectivity index (χ0n) is 10.7. The quantitative estimate of drug-likeness (QED) is 0.874. The molecule has 4 nitrogen and oxygen atoms in total. The third-order valence-electron chi connectivity index (χ3n) is 2.53. The molecule has 2 N–H and O–H groups in total. The van der Waals surface area contributed by atoms with E-state index in [1.165, 1.54) is 0 Å². The Labute approximate surface area is 116 Å². The van der Waals surface area contributed by atoms with E-state index in [1.54, 1.807) is 11.8 Å². The number of halogens is 1. The van der Waals surface area contributed by atoms with Gasteiger partial charge in [-0.3, -0.25) is 4.79 Å². The number of carbonyl (C=O) groups is 1. The first-order valence-corrected chi connectivity index (χ1v) is 6.76. The highest BCUT2D eigenvalue weighted by atomic mass is 79.9. The van der Waals surface area contributed by atoms with E-state index in [9.17, 15) is 4.79 Å². The lowest BCUT2D eigenvalue weighted by atomic mass is 10.3. The molecule has 0 aliphatic carbocycles. The lowest BCUT2D eigenvalue weighted by Gasteiger charge is -2.22. The topological polar surface area (TPSA) is 55.6 Å². The van der Waals surface area contributed by atoms with Gasteiger partial charge < -0.3 is 15.4 Å². The molecule has 18 heavy (non-hydrogen) atoms. The molecule has 0 aliphatic heterocycles. The molecule has 1 atom stereocenters. The Hall–Kier alpha value is -1.07. The van der Waals surface area contributed by atoms with Gasteiger partial charge in [-0.25, -0.2) is 0 Å². The van der Waals surface area contributed by atoms with Gasteiger partial charge in [0, 0.05) is 11.0 Å². The zero-order chi connectivity index (χ0) is 13.5. The van der Waals surface area contributed by atoms with Crippen LogP contribution in [0.2, 0.25) is 0 Å². The van der Waals surface area contributed by atoms with Crippen molar-refractivity contribution in [1.29, 1.82) is 0 Å². The fourth-order valence-corrected chi connectivity index (χ4v) is 1.78. The van der Waals surface area contributed by atoms with Crippen LogP contribution < -0.4 is 10.5 Å². The molecule has 5 heteroatoms. The Kier molecular flexibility index (Phi) is 6.15. The van der Waals surface area contributed by atoms with Crippen LogP contribution >= 0.6 is 15.9 Å². The van der Waals surface area contributed by atoms with Crippen molar-refractivity contribution < 1.29 is 9.53 Å². The van der Waals surface area contributed by atoms with Gasteiger partial charge in [-0.05, 0) is 38.1 Å². The van der Waals surface area contributed by atoms with Gasteiger partial charge in [-0.2, -0.15) is 0 Å². The second-order valence-electron chi connectivity index (χ2n) is 4.01. The highest BCUT2D eigenvalue weighted by Crippen LogP contribution is 2.15. The third kappa shape index (κ3) is 4.66. The normalized spacial score (nSPS) is 12.0. The maximum Gasteiger partial charge on any atom is 0.239 e. The van der Waals surface area contributed by atoms with Crippen molar-refractivity contribution >= 4 is 21.8 Å². The van der Waals surface area contributed by atoms with Gasteiger partial charge >= 0.3 is 0 Å². The summed E-state index contributed by atoms with van der Waals surface area (Å²) in [6.07, 6.45) is 0. The minimum Gasteiger partial charge on any atom is -0.492 e. The van der Waals surface area contributed by atoms with E-state index in [0.717, 1.165) is 10.2 Å². The second-order valence-corrected chi connectivity index (χ2v) is 4.92. The molecule has 0 bridgehead atoms. The number of rotatable bonds is 6. The Morgan fingerprint density at radius 1 is 1.44 bits per heavy atom. The molecule has 0 heterocycles. The van der Waals surface area contributed by atoms with Crippen LogP contribution in [-0.2, 0) is 4.79 Å². The SMILES string of the molecule is CCN(CCOc1ccc(Br)cc1)C(=O)[C@@H](C)N. The average Bonchev–Trinajstić information content (AvgIpc) is 2.36. The van der Waals surface area contributed by atoms with Crippen molar-refractivity contribution in [1.82, 2.24) is 4.90 Å². The zero-order valence-corrected chi connectivity index (χ0v) is 12.3. The summed E-state index contributed by atoms with van der Waals surface area (Å²) in [5, 5.41) is 0. The van der Waals surface area contributed by atoms with Crippen molar-refractivity contribution in [2.24, 2.45) is 5.73 Å². The number of ether oxygens (including phenoxy) is 1. The summed E-state index contributed by atoms with van der Waals surface area (Å²) in [5.74, 6) is 0.749. The molecule has 0 spiro atoms. The van der Waals surface area contributed by atoms with Gasteiger partial charge in [-0.1, -0.05) is 15.9 Å². The predicted octanol–water partition coefficient (Wildman–Crippen LogP) is 2.02. The number of benzene rings is 1. The summed E-state index contributed by atoms with van der Waals surface area (Å²) in [6.45, 7) is 5.28. The molecule has 0 unspecified atom stereocenters. The van der Waals surface area contributed by atoms with Crippen LogP contribution in [0.3, 0.4) is 0 Å². The summed E-state index contributed by atoms with van der Waals surface area (Å²) in [6, 6.07) is 7.14. The first kappa shape index (κ1) is 15.0. The van der Waals surface area contributed by atoms with E-state index in [0.29, 0.717) is 19.7 Å². The second kappa shape index (κ2) is 7.38.